The maximum Gasteiger partial charge on any atom is 0.332 e. The van der Waals surface area contributed by atoms with Crippen molar-refractivity contribution in [2.24, 2.45) is 0 Å². The highest BCUT2D eigenvalue weighted by Gasteiger charge is 2.28. The number of ether oxygens (including phenoxy) is 2. The SMILES string of the molecule is CCC(OC(=O)COC)c1ccc(Cl)c2nc3n(c12)CCCN3c1ccc(Cl)cc1Cl. The Kier molecular flexibility index (Phi) is 6.63. The maximum absolute atomic E-state index is 12.1. The van der Waals surface area contributed by atoms with Crippen LogP contribution in [0.15, 0.2) is 30.3 Å². The van der Waals surface area contributed by atoms with E-state index in [1.807, 2.05) is 25.1 Å². The van der Waals surface area contributed by atoms with Crippen molar-refractivity contribution in [1.82, 2.24) is 9.55 Å². The first-order valence-electron chi connectivity index (χ1n) is 10.0. The number of hydrogen-bond donors (Lipinski definition) is 0. The number of carbonyl (C=O) groups is 1. The van der Waals surface area contributed by atoms with Gasteiger partial charge in [0.25, 0.3) is 0 Å². The van der Waals surface area contributed by atoms with Gasteiger partial charge in [-0.05, 0) is 37.1 Å². The number of halogens is 3. The van der Waals surface area contributed by atoms with Crippen LogP contribution in [0.2, 0.25) is 15.1 Å². The predicted octanol–water partition coefficient (Wildman–Crippen LogP) is 6.18. The maximum atomic E-state index is 12.1. The van der Waals surface area contributed by atoms with E-state index in [0.29, 0.717) is 27.0 Å². The molecule has 3 aromatic rings. The van der Waals surface area contributed by atoms with Crippen molar-refractivity contribution < 1.29 is 14.3 Å². The highest BCUT2D eigenvalue weighted by atomic mass is 35.5. The van der Waals surface area contributed by atoms with E-state index in [0.717, 1.165) is 42.2 Å². The molecule has 0 amide bonds. The normalized spacial score (nSPS) is 14.5. The van der Waals surface area contributed by atoms with Crippen LogP contribution in [0.1, 0.15) is 31.4 Å². The van der Waals surface area contributed by atoms with Gasteiger partial charge in [0.15, 0.2) is 0 Å². The number of methoxy groups -OCH3 is 1. The monoisotopic (exact) mass is 481 g/mol. The molecule has 1 atom stereocenters. The first-order valence-corrected chi connectivity index (χ1v) is 11.2. The molecule has 0 saturated carbocycles. The Morgan fingerprint density at radius 3 is 2.68 bits per heavy atom. The van der Waals surface area contributed by atoms with Crippen LogP contribution in [0.25, 0.3) is 11.0 Å². The summed E-state index contributed by atoms with van der Waals surface area (Å²) in [5.41, 5.74) is 3.24. The molecule has 9 heteroatoms. The van der Waals surface area contributed by atoms with Crippen molar-refractivity contribution in [3.05, 3.63) is 51.0 Å². The van der Waals surface area contributed by atoms with Crippen LogP contribution < -0.4 is 4.90 Å². The van der Waals surface area contributed by atoms with E-state index in [-0.39, 0.29) is 6.61 Å². The minimum absolute atomic E-state index is 0.0966. The molecule has 0 N–H and O–H groups in total. The summed E-state index contributed by atoms with van der Waals surface area (Å²) in [7, 11) is 1.46. The summed E-state index contributed by atoms with van der Waals surface area (Å²) < 4.78 is 12.7. The van der Waals surface area contributed by atoms with Crippen LogP contribution >= 0.6 is 34.8 Å². The number of hydrogen-bond acceptors (Lipinski definition) is 5. The fourth-order valence-corrected chi connectivity index (χ4v) is 4.70. The van der Waals surface area contributed by atoms with E-state index in [2.05, 4.69) is 9.47 Å². The van der Waals surface area contributed by atoms with E-state index < -0.39 is 12.1 Å². The molecule has 0 fully saturated rings. The van der Waals surface area contributed by atoms with Crippen LogP contribution in [0.3, 0.4) is 0 Å². The van der Waals surface area contributed by atoms with Crippen molar-refractivity contribution in [1.29, 1.82) is 0 Å². The van der Waals surface area contributed by atoms with Gasteiger partial charge in [0.05, 0.1) is 21.2 Å². The summed E-state index contributed by atoms with van der Waals surface area (Å²) in [5.74, 6) is 0.336. The van der Waals surface area contributed by atoms with Gasteiger partial charge in [-0.2, -0.15) is 0 Å². The highest BCUT2D eigenvalue weighted by Crippen LogP contribution is 2.41. The smallest absolute Gasteiger partial charge is 0.332 e. The molecule has 6 nitrogen and oxygen atoms in total. The third kappa shape index (κ3) is 4.22. The zero-order valence-corrected chi connectivity index (χ0v) is 19.5. The second-order valence-corrected chi connectivity index (χ2v) is 8.57. The Morgan fingerprint density at radius 2 is 1.97 bits per heavy atom. The summed E-state index contributed by atoms with van der Waals surface area (Å²) in [6.07, 6.45) is 1.07. The van der Waals surface area contributed by atoms with Gasteiger partial charge in [-0.15, -0.1) is 0 Å². The van der Waals surface area contributed by atoms with Gasteiger partial charge >= 0.3 is 5.97 Å². The minimum Gasteiger partial charge on any atom is -0.456 e. The van der Waals surface area contributed by atoms with Crippen molar-refractivity contribution in [2.45, 2.75) is 32.4 Å². The van der Waals surface area contributed by atoms with Gasteiger partial charge in [-0.3, -0.25) is 0 Å². The summed E-state index contributed by atoms with van der Waals surface area (Å²) in [6.45, 7) is 3.40. The van der Waals surface area contributed by atoms with E-state index in [9.17, 15) is 4.79 Å². The summed E-state index contributed by atoms with van der Waals surface area (Å²) in [5, 5.41) is 1.67. The lowest BCUT2D eigenvalue weighted by molar-refractivity contribution is -0.153. The molecule has 2 aromatic carbocycles. The molecule has 0 spiro atoms. The molecule has 4 rings (SSSR count). The molecule has 0 aliphatic carbocycles. The van der Waals surface area contributed by atoms with Gasteiger partial charge in [-0.1, -0.05) is 47.8 Å². The number of esters is 1. The number of rotatable bonds is 6. The zero-order chi connectivity index (χ0) is 22.1. The molecular formula is C22H22Cl3N3O3. The van der Waals surface area contributed by atoms with Crippen molar-refractivity contribution in [3.8, 4) is 0 Å². The van der Waals surface area contributed by atoms with Crippen LogP contribution in [0.5, 0.6) is 0 Å². The van der Waals surface area contributed by atoms with E-state index in [4.69, 9.17) is 49.3 Å². The molecule has 0 radical (unpaired) electrons. The fourth-order valence-electron chi connectivity index (χ4n) is 3.99. The molecule has 164 valence electrons. The molecule has 0 saturated heterocycles. The lowest BCUT2D eigenvalue weighted by atomic mass is 10.0. The summed E-state index contributed by atoms with van der Waals surface area (Å²) >= 11 is 19.1. The van der Waals surface area contributed by atoms with E-state index in [1.54, 1.807) is 12.1 Å². The highest BCUT2D eigenvalue weighted by molar-refractivity contribution is 6.36. The average molecular weight is 483 g/mol. The first kappa shape index (κ1) is 22.2. The Hall–Kier alpha value is -1.99. The van der Waals surface area contributed by atoms with Crippen molar-refractivity contribution in [3.63, 3.8) is 0 Å². The minimum atomic E-state index is -0.433. The number of carbonyl (C=O) groups excluding carboxylic acids is 1. The Labute approximate surface area is 195 Å². The molecule has 1 aliphatic rings. The molecule has 1 aliphatic heterocycles. The standard InChI is InChI=1S/C22H22Cl3N3O3/c1-3-18(31-19(29)12-30-2)14-6-7-15(24)20-21(14)28-10-4-9-27(22(28)26-20)17-8-5-13(23)11-16(17)25/h5-8,11,18H,3-4,9-10,12H2,1-2H3. The van der Waals surface area contributed by atoms with Gasteiger partial charge < -0.3 is 18.9 Å². The Bertz CT molecular complexity index is 1130. The average Bonchev–Trinajstić information content (AvgIpc) is 3.14. The van der Waals surface area contributed by atoms with Crippen LogP contribution in [-0.2, 0) is 20.8 Å². The number of aryl methyl sites for hydroxylation is 1. The van der Waals surface area contributed by atoms with Crippen molar-refractivity contribution >= 4 is 63.4 Å². The number of fused-ring (bicyclic) bond motifs is 3. The van der Waals surface area contributed by atoms with Crippen LogP contribution in [-0.4, -0.2) is 35.8 Å². The Morgan fingerprint density at radius 1 is 1.16 bits per heavy atom. The fraction of sp³-hybridized carbons (Fsp3) is 0.364. The number of aromatic nitrogens is 2. The summed E-state index contributed by atoms with van der Waals surface area (Å²) in [4.78, 5) is 19.0. The topological polar surface area (TPSA) is 56.6 Å². The van der Waals surface area contributed by atoms with Gasteiger partial charge in [0, 0.05) is 30.8 Å². The zero-order valence-electron chi connectivity index (χ0n) is 17.2. The van der Waals surface area contributed by atoms with Crippen molar-refractivity contribution in [2.75, 3.05) is 25.2 Å². The molecule has 1 aromatic heterocycles. The third-order valence-electron chi connectivity index (χ3n) is 5.32. The Balaban J connectivity index is 1.85. The molecule has 31 heavy (non-hydrogen) atoms. The van der Waals surface area contributed by atoms with E-state index in [1.165, 1.54) is 7.11 Å². The number of imidazole rings is 1. The lowest BCUT2D eigenvalue weighted by Crippen LogP contribution is -2.28. The predicted molar refractivity (Wildman–Crippen MR) is 124 cm³/mol. The quantitative estimate of drug-likeness (QED) is 0.393. The molecule has 2 heterocycles. The number of anilines is 2. The first-order chi connectivity index (χ1) is 14.9. The summed E-state index contributed by atoms with van der Waals surface area (Å²) in [6, 6.07) is 9.13. The number of nitrogens with zero attached hydrogens (tertiary/aromatic N) is 3. The second-order valence-electron chi connectivity index (χ2n) is 7.32. The lowest BCUT2D eigenvalue weighted by Gasteiger charge is -2.30. The van der Waals surface area contributed by atoms with Gasteiger partial charge in [0.2, 0.25) is 5.95 Å². The second kappa shape index (κ2) is 9.25. The van der Waals surface area contributed by atoms with Crippen LogP contribution in [0, 0.1) is 0 Å². The van der Waals surface area contributed by atoms with Gasteiger partial charge in [0.1, 0.15) is 18.2 Å². The molecule has 1 unspecified atom stereocenters. The third-order valence-corrected chi connectivity index (χ3v) is 6.16. The largest absolute Gasteiger partial charge is 0.456 e. The van der Waals surface area contributed by atoms with Gasteiger partial charge in [-0.25, -0.2) is 9.78 Å². The van der Waals surface area contributed by atoms with Crippen LogP contribution in [0.4, 0.5) is 11.6 Å². The number of benzene rings is 2. The van der Waals surface area contributed by atoms with E-state index >= 15 is 0 Å². The molecular weight excluding hydrogens is 461 g/mol. The molecule has 0 bridgehead atoms.